The number of nitrogens with one attached hydrogen (secondary N) is 1. The van der Waals surface area contributed by atoms with Crippen molar-refractivity contribution in [2.45, 2.75) is 11.8 Å². The molecule has 0 saturated heterocycles. The molecule has 0 aliphatic carbocycles. The lowest BCUT2D eigenvalue weighted by Crippen LogP contribution is -2.34. The molecule has 0 spiro atoms. The van der Waals surface area contributed by atoms with Crippen molar-refractivity contribution in [3.05, 3.63) is 0 Å². The van der Waals surface area contributed by atoms with Gasteiger partial charge >= 0.3 is 6.09 Å². The van der Waals surface area contributed by atoms with Crippen LogP contribution in [0.1, 0.15) is 6.92 Å². The summed E-state index contributed by atoms with van der Waals surface area (Å²) in [6, 6.07) is 0. The van der Waals surface area contributed by atoms with Crippen LogP contribution >= 0.6 is 23.2 Å². The van der Waals surface area contributed by atoms with Crippen LogP contribution in [0.2, 0.25) is 0 Å². The van der Waals surface area contributed by atoms with Gasteiger partial charge in [-0.1, -0.05) is 23.2 Å². The summed E-state index contributed by atoms with van der Waals surface area (Å²) in [5.74, 6) is -0.785. The van der Waals surface area contributed by atoms with E-state index in [4.69, 9.17) is 23.2 Å². The number of alkyl carbamates (subject to hydrolysis) is 1. The fourth-order valence-corrected chi connectivity index (χ4v) is 0.431. The number of hydrogen-bond donors (Lipinski definition) is 1. The summed E-state index contributed by atoms with van der Waals surface area (Å²) in [6.45, 7) is 1.80. The van der Waals surface area contributed by atoms with E-state index in [0.717, 1.165) is 0 Å². The first kappa shape index (κ1) is 10.5. The normalized spacial score (nSPS) is 9.45. The fraction of sp³-hybridized carbons (Fsp3) is 0.600. The van der Waals surface area contributed by atoms with Crippen molar-refractivity contribution in [2.75, 3.05) is 6.61 Å². The summed E-state index contributed by atoms with van der Waals surface area (Å²) in [6.07, 6.45) is -0.844. The number of alkyl halides is 2. The highest BCUT2D eigenvalue weighted by Crippen LogP contribution is 2.00. The van der Waals surface area contributed by atoms with Gasteiger partial charge in [-0.3, -0.25) is 10.1 Å². The summed E-state index contributed by atoms with van der Waals surface area (Å²) < 4.78 is 4.37. The molecule has 0 aromatic heterocycles. The third-order valence-corrected chi connectivity index (χ3v) is 1.10. The van der Waals surface area contributed by atoms with Crippen molar-refractivity contribution < 1.29 is 14.3 Å². The number of carbonyl (C=O) groups is 2. The van der Waals surface area contributed by atoms with E-state index < -0.39 is 16.8 Å². The zero-order valence-corrected chi connectivity index (χ0v) is 7.28. The number of carbonyl (C=O) groups excluding carboxylic acids is 2. The first-order valence-corrected chi connectivity index (χ1v) is 3.71. The number of hydrogen-bond acceptors (Lipinski definition) is 3. The molecule has 0 aliphatic heterocycles. The summed E-state index contributed by atoms with van der Waals surface area (Å²) in [5, 5.41) is 1.82. The molecule has 0 aliphatic rings. The van der Waals surface area contributed by atoms with E-state index in [2.05, 4.69) is 4.74 Å². The molecular formula is C5H7Cl2NO3. The minimum atomic E-state index is -1.25. The maximum atomic E-state index is 10.6. The molecule has 0 aromatic rings. The summed E-state index contributed by atoms with van der Waals surface area (Å²) in [5.41, 5.74) is 0. The Balaban J connectivity index is 3.67. The molecule has 0 aromatic carbocycles. The van der Waals surface area contributed by atoms with Crippen LogP contribution in [0.25, 0.3) is 0 Å². The minimum absolute atomic E-state index is 0.189. The molecule has 0 heterocycles. The number of halogens is 2. The van der Waals surface area contributed by atoms with Gasteiger partial charge in [0.15, 0.2) is 4.84 Å². The number of ether oxygens (including phenoxy) is 1. The van der Waals surface area contributed by atoms with Gasteiger partial charge in [0.05, 0.1) is 6.61 Å². The monoisotopic (exact) mass is 199 g/mol. The molecule has 0 fully saturated rings. The summed E-state index contributed by atoms with van der Waals surface area (Å²) in [7, 11) is 0. The molecule has 2 amide bonds. The molecule has 11 heavy (non-hydrogen) atoms. The fourth-order valence-electron chi connectivity index (χ4n) is 0.322. The van der Waals surface area contributed by atoms with Crippen LogP contribution < -0.4 is 5.32 Å². The molecule has 1 N–H and O–H groups in total. The quantitative estimate of drug-likeness (QED) is 0.678. The third kappa shape index (κ3) is 4.86. The van der Waals surface area contributed by atoms with Crippen LogP contribution in [0, 0.1) is 0 Å². The molecule has 64 valence electrons. The first-order valence-electron chi connectivity index (χ1n) is 2.83. The Morgan fingerprint density at radius 3 is 2.45 bits per heavy atom. The molecule has 0 atom stereocenters. The average molecular weight is 200 g/mol. The highest BCUT2D eigenvalue weighted by Gasteiger charge is 2.14. The van der Waals surface area contributed by atoms with E-state index in [1.165, 1.54) is 0 Å². The highest BCUT2D eigenvalue weighted by molar-refractivity contribution is 6.53. The molecule has 0 saturated carbocycles. The Hall–Kier alpha value is -0.480. The van der Waals surface area contributed by atoms with E-state index >= 15 is 0 Å². The van der Waals surface area contributed by atoms with Crippen molar-refractivity contribution in [1.82, 2.24) is 5.32 Å². The number of amides is 2. The van der Waals surface area contributed by atoms with Crippen molar-refractivity contribution in [3.8, 4) is 0 Å². The van der Waals surface area contributed by atoms with Gasteiger partial charge in [-0.05, 0) is 6.92 Å². The van der Waals surface area contributed by atoms with Gasteiger partial charge in [0.2, 0.25) is 0 Å². The van der Waals surface area contributed by atoms with Gasteiger partial charge in [-0.2, -0.15) is 0 Å². The second-order valence-corrected chi connectivity index (χ2v) is 2.61. The lowest BCUT2D eigenvalue weighted by molar-refractivity contribution is -0.118. The van der Waals surface area contributed by atoms with Crippen LogP contribution in [0.3, 0.4) is 0 Å². The first-order chi connectivity index (χ1) is 5.07. The van der Waals surface area contributed by atoms with Crippen LogP contribution in [0.5, 0.6) is 0 Å². The average Bonchev–Trinajstić information content (AvgIpc) is 1.87. The molecule has 4 nitrogen and oxygen atoms in total. The SMILES string of the molecule is CCOC(=O)NC(=O)C(Cl)Cl. The van der Waals surface area contributed by atoms with Gasteiger partial charge in [0.25, 0.3) is 5.91 Å². The smallest absolute Gasteiger partial charge is 0.413 e. The Bertz CT molecular complexity index is 160. The maximum absolute atomic E-state index is 10.6. The standard InChI is InChI=1S/C5H7Cl2NO3/c1-2-11-5(10)8-4(9)3(6)7/h3H,2H2,1H3,(H,8,9,10). The number of rotatable bonds is 2. The van der Waals surface area contributed by atoms with Gasteiger partial charge < -0.3 is 4.74 Å². The lowest BCUT2D eigenvalue weighted by atomic mass is 10.7. The van der Waals surface area contributed by atoms with E-state index in [1.807, 2.05) is 5.32 Å². The maximum Gasteiger partial charge on any atom is 0.413 e. The van der Waals surface area contributed by atoms with Crippen molar-refractivity contribution in [1.29, 1.82) is 0 Å². The predicted octanol–water partition coefficient (Wildman–Crippen LogP) is 1.06. The molecule has 0 radical (unpaired) electrons. The van der Waals surface area contributed by atoms with Crippen molar-refractivity contribution >= 4 is 35.2 Å². The Morgan fingerprint density at radius 1 is 1.55 bits per heavy atom. The van der Waals surface area contributed by atoms with Crippen LogP contribution in [0.4, 0.5) is 4.79 Å². The van der Waals surface area contributed by atoms with E-state index in [9.17, 15) is 9.59 Å². The van der Waals surface area contributed by atoms with Gasteiger partial charge in [0, 0.05) is 0 Å². The molecule has 0 bridgehead atoms. The van der Waals surface area contributed by atoms with Gasteiger partial charge in [0.1, 0.15) is 0 Å². The van der Waals surface area contributed by atoms with Crippen LogP contribution in [-0.2, 0) is 9.53 Å². The summed E-state index contributed by atoms with van der Waals surface area (Å²) >= 11 is 10.2. The third-order valence-electron chi connectivity index (χ3n) is 0.699. The Kier molecular flexibility index (Phi) is 4.98. The number of imide groups is 1. The Labute approximate surface area is 73.8 Å². The zero-order chi connectivity index (χ0) is 8.85. The van der Waals surface area contributed by atoms with Crippen LogP contribution in [-0.4, -0.2) is 23.4 Å². The molecular weight excluding hydrogens is 193 g/mol. The summed E-state index contributed by atoms with van der Waals surface area (Å²) in [4.78, 5) is 19.8. The topological polar surface area (TPSA) is 55.4 Å². The van der Waals surface area contributed by atoms with Crippen molar-refractivity contribution in [3.63, 3.8) is 0 Å². The van der Waals surface area contributed by atoms with E-state index in [1.54, 1.807) is 6.92 Å². The van der Waals surface area contributed by atoms with E-state index in [0.29, 0.717) is 0 Å². The molecule has 0 unspecified atom stereocenters. The highest BCUT2D eigenvalue weighted by atomic mass is 35.5. The Morgan fingerprint density at radius 2 is 2.09 bits per heavy atom. The lowest BCUT2D eigenvalue weighted by Gasteiger charge is -2.02. The van der Waals surface area contributed by atoms with Crippen molar-refractivity contribution in [2.24, 2.45) is 0 Å². The minimum Gasteiger partial charge on any atom is -0.450 e. The second kappa shape index (κ2) is 5.21. The molecule has 0 rings (SSSR count). The largest absolute Gasteiger partial charge is 0.450 e. The second-order valence-electron chi connectivity index (χ2n) is 1.51. The van der Waals surface area contributed by atoms with E-state index in [-0.39, 0.29) is 6.61 Å². The predicted molar refractivity (Wildman–Crippen MR) is 40.7 cm³/mol. The zero-order valence-electron chi connectivity index (χ0n) is 5.77. The van der Waals surface area contributed by atoms with Gasteiger partial charge in [-0.25, -0.2) is 4.79 Å². The van der Waals surface area contributed by atoms with Crippen LogP contribution in [0.15, 0.2) is 0 Å². The van der Waals surface area contributed by atoms with Gasteiger partial charge in [-0.15, -0.1) is 0 Å². The molecule has 6 heteroatoms.